The van der Waals surface area contributed by atoms with E-state index in [2.05, 4.69) is 5.32 Å². The second-order valence-corrected chi connectivity index (χ2v) is 8.61. The Labute approximate surface area is 197 Å². The summed E-state index contributed by atoms with van der Waals surface area (Å²) >= 11 is 7.99. The van der Waals surface area contributed by atoms with Crippen LogP contribution in [0.25, 0.3) is 0 Å². The number of hydrogen-bond donors (Lipinski definition) is 2. The molecule has 0 spiro atoms. The smallest absolute Gasteiger partial charge is 0.325 e. The number of rotatable bonds is 9. The zero-order valence-corrected chi connectivity index (χ0v) is 19.2. The molecular formula is C25H25ClN2O3S. The van der Waals surface area contributed by atoms with Crippen LogP contribution in [-0.4, -0.2) is 29.5 Å². The van der Waals surface area contributed by atoms with Crippen LogP contribution >= 0.6 is 23.4 Å². The highest BCUT2D eigenvalue weighted by atomic mass is 35.5. The van der Waals surface area contributed by atoms with Gasteiger partial charge in [-0.15, -0.1) is 11.8 Å². The summed E-state index contributed by atoms with van der Waals surface area (Å²) in [4.78, 5) is 24.3. The molecule has 3 aromatic rings. The highest BCUT2D eigenvalue weighted by molar-refractivity contribution is 7.99. The third-order valence-electron chi connectivity index (χ3n) is 4.89. The predicted octanol–water partition coefficient (Wildman–Crippen LogP) is 4.33. The summed E-state index contributed by atoms with van der Waals surface area (Å²) in [5.74, 6) is -0.0440. The second-order valence-electron chi connectivity index (χ2n) is 7.17. The summed E-state index contributed by atoms with van der Waals surface area (Å²) in [6.45, 7) is 1.44. The zero-order chi connectivity index (χ0) is 23.0. The number of esters is 1. The van der Waals surface area contributed by atoms with Crippen molar-refractivity contribution in [2.75, 3.05) is 11.6 Å². The lowest BCUT2D eigenvalue weighted by molar-refractivity contribution is -0.154. The van der Waals surface area contributed by atoms with E-state index in [9.17, 15) is 9.59 Å². The Morgan fingerprint density at radius 2 is 1.50 bits per heavy atom. The maximum Gasteiger partial charge on any atom is 0.325 e. The average Bonchev–Trinajstić information content (AvgIpc) is 2.81. The van der Waals surface area contributed by atoms with Crippen molar-refractivity contribution in [2.45, 2.75) is 18.6 Å². The van der Waals surface area contributed by atoms with Crippen LogP contribution in [0.15, 0.2) is 84.9 Å². The summed E-state index contributed by atoms with van der Waals surface area (Å²) in [7, 11) is 0. The van der Waals surface area contributed by atoms with Crippen LogP contribution in [0, 0.1) is 0 Å². The molecule has 5 nitrogen and oxygen atoms in total. The number of carbonyl (C=O) groups is 2. The Balaban J connectivity index is 2.03. The molecule has 0 fully saturated rings. The molecule has 1 atom stereocenters. The van der Waals surface area contributed by atoms with Crippen molar-refractivity contribution in [3.63, 3.8) is 0 Å². The van der Waals surface area contributed by atoms with Crippen molar-refractivity contribution >= 4 is 35.2 Å². The zero-order valence-electron chi connectivity index (χ0n) is 17.7. The fourth-order valence-electron chi connectivity index (χ4n) is 3.38. The standard InChI is InChI=1S/C25H25ClN2O3S/c1-18(29)28-17-32-16-23(27)24(30)31-25(19-10-4-2-5-11-19,20-12-6-3-7-13-20)21-14-8-9-15-22(21)26/h2-15,23H,16-17,27H2,1H3,(H,28,29)/t23-/m0/s1. The minimum Gasteiger partial charge on any atom is -0.443 e. The van der Waals surface area contributed by atoms with Crippen LogP contribution in [0.4, 0.5) is 0 Å². The molecule has 0 aromatic heterocycles. The highest BCUT2D eigenvalue weighted by Gasteiger charge is 2.42. The summed E-state index contributed by atoms with van der Waals surface area (Å²) in [5, 5.41) is 3.15. The first-order valence-electron chi connectivity index (χ1n) is 10.1. The summed E-state index contributed by atoms with van der Waals surface area (Å²) in [6, 6.07) is 25.4. The molecule has 32 heavy (non-hydrogen) atoms. The summed E-state index contributed by atoms with van der Waals surface area (Å²) < 4.78 is 6.27. The number of nitrogens with one attached hydrogen (secondary N) is 1. The first-order valence-corrected chi connectivity index (χ1v) is 11.6. The van der Waals surface area contributed by atoms with Gasteiger partial charge in [-0.05, 0) is 6.07 Å². The monoisotopic (exact) mass is 468 g/mol. The summed E-state index contributed by atoms with van der Waals surface area (Å²) in [5.41, 5.74) is 7.05. The molecule has 7 heteroatoms. The second kappa shape index (κ2) is 11.2. The predicted molar refractivity (Wildman–Crippen MR) is 129 cm³/mol. The lowest BCUT2D eigenvalue weighted by Crippen LogP contribution is -2.43. The molecule has 3 aromatic carbocycles. The SMILES string of the molecule is CC(=O)NCSC[C@H](N)C(=O)OC(c1ccccc1)(c1ccccc1)c1ccccc1Cl. The van der Waals surface area contributed by atoms with Gasteiger partial charge in [0.15, 0.2) is 5.60 Å². The van der Waals surface area contributed by atoms with Crippen LogP contribution in [0.1, 0.15) is 23.6 Å². The van der Waals surface area contributed by atoms with Crippen molar-refractivity contribution in [1.29, 1.82) is 0 Å². The van der Waals surface area contributed by atoms with E-state index in [4.69, 9.17) is 22.1 Å². The van der Waals surface area contributed by atoms with Gasteiger partial charge < -0.3 is 15.8 Å². The largest absolute Gasteiger partial charge is 0.443 e. The van der Waals surface area contributed by atoms with Crippen molar-refractivity contribution in [2.24, 2.45) is 5.73 Å². The lowest BCUT2D eigenvalue weighted by Gasteiger charge is -2.36. The van der Waals surface area contributed by atoms with Crippen LogP contribution < -0.4 is 11.1 Å². The van der Waals surface area contributed by atoms with Gasteiger partial charge in [0.25, 0.3) is 0 Å². The van der Waals surface area contributed by atoms with Crippen molar-refractivity contribution in [1.82, 2.24) is 5.32 Å². The Bertz CT molecular complexity index is 1010. The maximum absolute atomic E-state index is 13.2. The fraction of sp³-hybridized carbons (Fsp3) is 0.200. The number of hydrogen-bond acceptors (Lipinski definition) is 5. The molecule has 3 N–H and O–H groups in total. The molecule has 1 amide bonds. The van der Waals surface area contributed by atoms with E-state index in [-0.39, 0.29) is 5.91 Å². The van der Waals surface area contributed by atoms with Gasteiger partial charge in [-0.2, -0.15) is 0 Å². The first-order chi connectivity index (χ1) is 15.4. The summed E-state index contributed by atoms with van der Waals surface area (Å²) in [6.07, 6.45) is 0. The number of nitrogens with two attached hydrogens (primary N) is 1. The van der Waals surface area contributed by atoms with Gasteiger partial charge in [0.2, 0.25) is 5.91 Å². The van der Waals surface area contributed by atoms with Crippen molar-refractivity contribution in [3.8, 4) is 0 Å². The van der Waals surface area contributed by atoms with Crippen LogP contribution in [0.2, 0.25) is 5.02 Å². The molecule has 0 bridgehead atoms. The van der Waals surface area contributed by atoms with E-state index < -0.39 is 17.6 Å². The maximum atomic E-state index is 13.2. The van der Waals surface area contributed by atoms with Gasteiger partial charge in [-0.25, -0.2) is 0 Å². The molecule has 0 unspecified atom stereocenters. The van der Waals surface area contributed by atoms with Gasteiger partial charge in [0.1, 0.15) is 6.04 Å². The number of thioether (sulfide) groups is 1. The minimum absolute atomic E-state index is 0.139. The topological polar surface area (TPSA) is 81.4 Å². The number of ether oxygens (including phenoxy) is 1. The highest BCUT2D eigenvalue weighted by Crippen LogP contribution is 2.43. The van der Waals surface area contributed by atoms with Crippen LogP contribution in [0.5, 0.6) is 0 Å². The number of benzene rings is 3. The van der Waals surface area contributed by atoms with Crippen LogP contribution in [0.3, 0.4) is 0 Å². The normalized spacial score (nSPS) is 12.1. The Kier molecular flexibility index (Phi) is 8.33. The van der Waals surface area contributed by atoms with E-state index in [0.29, 0.717) is 22.2 Å². The van der Waals surface area contributed by atoms with E-state index in [0.717, 1.165) is 11.1 Å². The third kappa shape index (κ3) is 5.51. The van der Waals surface area contributed by atoms with Crippen molar-refractivity contribution in [3.05, 3.63) is 107 Å². The van der Waals surface area contributed by atoms with E-state index in [1.54, 1.807) is 6.07 Å². The lowest BCUT2D eigenvalue weighted by atomic mass is 9.80. The number of amides is 1. The van der Waals surface area contributed by atoms with Gasteiger partial charge >= 0.3 is 5.97 Å². The van der Waals surface area contributed by atoms with Gasteiger partial charge in [0, 0.05) is 34.4 Å². The van der Waals surface area contributed by atoms with E-state index >= 15 is 0 Å². The van der Waals surface area contributed by atoms with Gasteiger partial charge in [-0.3, -0.25) is 9.59 Å². The molecule has 0 heterocycles. The fourth-order valence-corrected chi connectivity index (χ4v) is 4.46. The molecule has 0 saturated carbocycles. The third-order valence-corrected chi connectivity index (χ3v) is 6.16. The van der Waals surface area contributed by atoms with E-state index in [1.165, 1.54) is 18.7 Å². The molecule has 0 aliphatic heterocycles. The van der Waals surface area contributed by atoms with E-state index in [1.807, 2.05) is 78.9 Å². The average molecular weight is 469 g/mol. The molecule has 3 rings (SSSR count). The molecule has 0 aliphatic carbocycles. The van der Waals surface area contributed by atoms with Crippen LogP contribution in [-0.2, 0) is 19.9 Å². The first kappa shape index (κ1) is 23.9. The molecule has 0 radical (unpaired) electrons. The van der Waals surface area contributed by atoms with Crippen molar-refractivity contribution < 1.29 is 14.3 Å². The Hall–Kier alpha value is -2.80. The Morgan fingerprint density at radius 3 is 2.03 bits per heavy atom. The molecule has 166 valence electrons. The Morgan fingerprint density at radius 1 is 0.969 bits per heavy atom. The molecule has 0 saturated heterocycles. The number of carbonyl (C=O) groups excluding carboxylic acids is 2. The van der Waals surface area contributed by atoms with Gasteiger partial charge in [0.05, 0.1) is 5.88 Å². The quantitative estimate of drug-likeness (QED) is 0.211. The number of halogens is 1. The van der Waals surface area contributed by atoms with Gasteiger partial charge in [-0.1, -0.05) is 90.5 Å². The minimum atomic E-state index is -1.28. The molecular weight excluding hydrogens is 444 g/mol. The molecule has 0 aliphatic rings.